The fourth-order valence-corrected chi connectivity index (χ4v) is 5.64. The lowest BCUT2D eigenvalue weighted by molar-refractivity contribution is -0.122. The number of carbonyl (C=O) groups is 1. The Kier molecular flexibility index (Phi) is 6.42. The number of sulfonamides is 1. The van der Waals surface area contributed by atoms with Crippen LogP contribution in [-0.2, 0) is 14.8 Å². The molecule has 2 fully saturated rings. The molecule has 0 spiro atoms. The number of hydrogen-bond acceptors (Lipinski definition) is 4. The Balaban J connectivity index is 1.43. The largest absolute Gasteiger partial charge is 0.494 e. The normalized spacial score (nSPS) is 25.3. The second kappa shape index (κ2) is 8.61. The van der Waals surface area contributed by atoms with Gasteiger partial charge in [-0.1, -0.05) is 6.42 Å². The highest BCUT2D eigenvalue weighted by molar-refractivity contribution is 7.89. The van der Waals surface area contributed by atoms with Gasteiger partial charge >= 0.3 is 0 Å². The summed E-state index contributed by atoms with van der Waals surface area (Å²) in [7, 11) is -3.62. The van der Waals surface area contributed by atoms with Crippen LogP contribution in [0.1, 0.15) is 46.0 Å². The van der Waals surface area contributed by atoms with Gasteiger partial charge in [0.2, 0.25) is 15.9 Å². The van der Waals surface area contributed by atoms with Crippen molar-refractivity contribution >= 4 is 15.9 Å². The maximum atomic E-state index is 12.3. The molecule has 3 rings (SSSR count). The van der Waals surface area contributed by atoms with Crippen LogP contribution in [0.5, 0.6) is 5.75 Å². The molecule has 0 radical (unpaired) electrons. The van der Waals surface area contributed by atoms with Crippen LogP contribution < -0.4 is 14.8 Å². The molecule has 0 aromatic heterocycles. The van der Waals surface area contributed by atoms with Crippen molar-refractivity contribution in [2.45, 2.75) is 56.9 Å². The van der Waals surface area contributed by atoms with E-state index in [2.05, 4.69) is 17.0 Å². The molecular formula is C20H30N2O4S. The van der Waals surface area contributed by atoms with Crippen molar-refractivity contribution in [3.8, 4) is 5.75 Å². The molecule has 2 aliphatic rings. The van der Waals surface area contributed by atoms with Crippen LogP contribution in [0.4, 0.5) is 0 Å². The van der Waals surface area contributed by atoms with Crippen LogP contribution in [0.25, 0.3) is 0 Å². The third kappa shape index (κ3) is 5.02. The smallest absolute Gasteiger partial charge is 0.240 e. The molecule has 0 heterocycles. The van der Waals surface area contributed by atoms with Gasteiger partial charge < -0.3 is 10.1 Å². The van der Waals surface area contributed by atoms with E-state index in [4.69, 9.17) is 4.74 Å². The van der Waals surface area contributed by atoms with Gasteiger partial charge in [0, 0.05) is 19.0 Å². The number of hydrogen-bond donors (Lipinski definition) is 2. The maximum Gasteiger partial charge on any atom is 0.240 e. The second-order valence-electron chi connectivity index (χ2n) is 7.75. The molecule has 1 aromatic carbocycles. The first-order valence-corrected chi connectivity index (χ1v) is 11.4. The van der Waals surface area contributed by atoms with Crippen LogP contribution in [0, 0.1) is 17.8 Å². The summed E-state index contributed by atoms with van der Waals surface area (Å²) in [5, 5.41) is 3.06. The summed E-state index contributed by atoms with van der Waals surface area (Å²) in [5.74, 6) is 2.71. The monoisotopic (exact) mass is 394 g/mol. The number of rotatable bonds is 9. The lowest BCUT2D eigenvalue weighted by Gasteiger charge is -2.28. The molecule has 2 saturated carbocycles. The molecule has 150 valence electrons. The van der Waals surface area contributed by atoms with E-state index < -0.39 is 10.0 Å². The highest BCUT2D eigenvalue weighted by Crippen LogP contribution is 2.49. The predicted molar refractivity (Wildman–Crippen MR) is 104 cm³/mol. The van der Waals surface area contributed by atoms with Gasteiger partial charge in [-0.15, -0.1) is 0 Å². The number of fused-ring (bicyclic) bond motifs is 2. The van der Waals surface area contributed by atoms with Gasteiger partial charge in [0.15, 0.2) is 0 Å². The zero-order valence-corrected chi connectivity index (χ0v) is 16.9. The van der Waals surface area contributed by atoms with E-state index in [1.807, 2.05) is 6.92 Å². The van der Waals surface area contributed by atoms with E-state index in [0.29, 0.717) is 18.3 Å². The van der Waals surface area contributed by atoms with E-state index in [1.54, 1.807) is 12.1 Å². The summed E-state index contributed by atoms with van der Waals surface area (Å²) in [6.07, 6.45) is 5.30. The summed E-state index contributed by atoms with van der Waals surface area (Å²) in [6, 6.07) is 6.43. The molecule has 2 aliphatic carbocycles. The highest BCUT2D eigenvalue weighted by atomic mass is 32.2. The van der Waals surface area contributed by atoms with E-state index in [-0.39, 0.29) is 29.8 Å². The van der Waals surface area contributed by atoms with Crippen molar-refractivity contribution < 1.29 is 17.9 Å². The molecule has 0 saturated heterocycles. The van der Waals surface area contributed by atoms with Crippen LogP contribution in [0.2, 0.25) is 0 Å². The molecule has 0 aliphatic heterocycles. The quantitative estimate of drug-likeness (QED) is 0.674. The number of amides is 1. The Hall–Kier alpha value is -1.60. The van der Waals surface area contributed by atoms with Crippen LogP contribution in [-0.4, -0.2) is 33.5 Å². The van der Waals surface area contributed by atoms with Crippen molar-refractivity contribution in [1.29, 1.82) is 0 Å². The number of carbonyl (C=O) groups excluding carboxylic acids is 1. The molecule has 6 nitrogen and oxygen atoms in total. The van der Waals surface area contributed by atoms with Crippen molar-refractivity contribution in [3.63, 3.8) is 0 Å². The maximum absolute atomic E-state index is 12.3. The first-order chi connectivity index (χ1) is 12.9. The zero-order chi connectivity index (χ0) is 19.4. The third-order valence-electron chi connectivity index (χ3n) is 5.91. The molecular weight excluding hydrogens is 364 g/mol. The summed E-state index contributed by atoms with van der Waals surface area (Å²) < 4.78 is 32.4. The Morgan fingerprint density at radius 2 is 1.96 bits per heavy atom. The lowest BCUT2D eigenvalue weighted by Crippen LogP contribution is -2.41. The molecule has 7 heteroatoms. The summed E-state index contributed by atoms with van der Waals surface area (Å²) >= 11 is 0. The van der Waals surface area contributed by atoms with Crippen molar-refractivity contribution in [1.82, 2.24) is 10.0 Å². The predicted octanol–water partition coefficient (Wildman–Crippen LogP) is 2.69. The molecule has 2 bridgehead atoms. The zero-order valence-electron chi connectivity index (χ0n) is 16.1. The van der Waals surface area contributed by atoms with Gasteiger partial charge in [0.25, 0.3) is 0 Å². The first-order valence-electron chi connectivity index (χ1n) is 9.91. The van der Waals surface area contributed by atoms with E-state index in [9.17, 15) is 13.2 Å². The van der Waals surface area contributed by atoms with Crippen LogP contribution in [0.15, 0.2) is 29.2 Å². The SMILES string of the molecule is CCOc1ccc(S(=O)(=O)NCCC(=O)NC(C)C2CC3CCC2C3)cc1. The van der Waals surface area contributed by atoms with Crippen molar-refractivity contribution in [2.75, 3.05) is 13.2 Å². The van der Waals surface area contributed by atoms with Crippen LogP contribution in [0.3, 0.4) is 0 Å². The van der Waals surface area contributed by atoms with Gasteiger partial charge in [0.05, 0.1) is 11.5 Å². The topological polar surface area (TPSA) is 84.5 Å². The average molecular weight is 395 g/mol. The number of ether oxygens (including phenoxy) is 1. The minimum atomic E-state index is -3.62. The number of benzene rings is 1. The van der Waals surface area contributed by atoms with Crippen molar-refractivity contribution in [2.24, 2.45) is 17.8 Å². The minimum absolute atomic E-state index is 0.0881. The first kappa shape index (κ1) is 20.1. The average Bonchev–Trinajstić information content (AvgIpc) is 3.25. The van der Waals surface area contributed by atoms with E-state index >= 15 is 0 Å². The minimum Gasteiger partial charge on any atom is -0.494 e. The second-order valence-corrected chi connectivity index (χ2v) is 9.51. The van der Waals surface area contributed by atoms with E-state index in [0.717, 1.165) is 11.8 Å². The van der Waals surface area contributed by atoms with Gasteiger partial charge in [0.1, 0.15) is 5.75 Å². The van der Waals surface area contributed by atoms with Gasteiger partial charge in [-0.2, -0.15) is 0 Å². The fourth-order valence-electron chi connectivity index (χ4n) is 4.60. The lowest BCUT2D eigenvalue weighted by atomic mass is 9.84. The molecule has 2 N–H and O–H groups in total. The third-order valence-corrected chi connectivity index (χ3v) is 7.39. The Morgan fingerprint density at radius 3 is 2.56 bits per heavy atom. The highest BCUT2D eigenvalue weighted by Gasteiger charge is 2.42. The summed E-state index contributed by atoms with van der Waals surface area (Å²) in [4.78, 5) is 12.4. The number of nitrogens with one attached hydrogen (secondary N) is 2. The van der Waals surface area contributed by atoms with Crippen molar-refractivity contribution in [3.05, 3.63) is 24.3 Å². The standard InChI is InChI=1S/C20H30N2O4S/c1-3-26-17-6-8-18(9-7-17)27(24,25)21-11-10-20(23)22-14(2)19-13-15-4-5-16(19)12-15/h6-9,14-16,19,21H,3-5,10-13H2,1-2H3,(H,22,23). The molecule has 1 aromatic rings. The fraction of sp³-hybridized carbons (Fsp3) is 0.650. The molecule has 4 unspecified atom stereocenters. The Bertz CT molecular complexity index is 748. The van der Waals surface area contributed by atoms with Crippen LogP contribution >= 0.6 is 0 Å². The van der Waals surface area contributed by atoms with Gasteiger partial charge in [-0.25, -0.2) is 13.1 Å². The van der Waals surface area contributed by atoms with Gasteiger partial charge in [-0.3, -0.25) is 4.79 Å². The molecule has 1 amide bonds. The Labute approximate surface area is 162 Å². The molecule has 4 atom stereocenters. The van der Waals surface area contributed by atoms with Gasteiger partial charge in [-0.05, 0) is 75.1 Å². The van der Waals surface area contributed by atoms with E-state index in [1.165, 1.54) is 37.8 Å². The summed E-state index contributed by atoms with van der Waals surface area (Å²) in [6.45, 7) is 4.56. The Morgan fingerprint density at radius 1 is 1.22 bits per heavy atom. The molecule has 27 heavy (non-hydrogen) atoms. The summed E-state index contributed by atoms with van der Waals surface area (Å²) in [5.41, 5.74) is 0.